The number of nitrogens with zero attached hydrogens (tertiary/aromatic N) is 1. The molecule has 0 aromatic heterocycles. The zero-order chi connectivity index (χ0) is 10.2. The van der Waals surface area contributed by atoms with Crippen LogP contribution in [0.2, 0.25) is 0 Å². The third-order valence-corrected chi connectivity index (χ3v) is 3.50. The van der Waals surface area contributed by atoms with Crippen LogP contribution in [0.1, 0.15) is 53.4 Å². The molecule has 3 radical (unpaired) electrons. The van der Waals surface area contributed by atoms with Gasteiger partial charge >= 0.3 is 0 Å². The normalized spacial score (nSPS) is 11.1. The lowest BCUT2D eigenvalue weighted by Crippen LogP contribution is -2.48. The Morgan fingerprint density at radius 3 is 1.57 bits per heavy atom. The summed E-state index contributed by atoms with van der Waals surface area (Å²) < 4.78 is 1.32. The number of quaternary nitrogens is 1. The monoisotopic (exact) mass is 197 g/mol. The van der Waals surface area contributed by atoms with Crippen molar-refractivity contribution in [2.24, 2.45) is 0 Å². The van der Waals surface area contributed by atoms with Crippen LogP contribution < -0.4 is 0 Å². The molecule has 0 fully saturated rings. The molecule has 2 heteroatoms. The summed E-state index contributed by atoms with van der Waals surface area (Å²) in [6, 6.07) is 0. The highest BCUT2D eigenvalue weighted by molar-refractivity contribution is 5.75. The van der Waals surface area contributed by atoms with Gasteiger partial charge in [0, 0.05) is 8.41 Å². The summed E-state index contributed by atoms with van der Waals surface area (Å²) in [7, 11) is 0. The average Bonchev–Trinajstić information content (AvgIpc) is 2.20. The first kappa shape index (κ1) is 16.5. The van der Waals surface area contributed by atoms with E-state index in [4.69, 9.17) is 0 Å². The Hall–Kier alpha value is 0.0249. The van der Waals surface area contributed by atoms with Crippen LogP contribution in [0.25, 0.3) is 0 Å². The second-order valence-electron chi connectivity index (χ2n) is 4.07. The largest absolute Gasteiger partial charge is 0.324 e. The van der Waals surface area contributed by atoms with E-state index in [1.807, 2.05) is 0 Å². The van der Waals surface area contributed by atoms with E-state index in [9.17, 15) is 0 Å². The van der Waals surface area contributed by atoms with Crippen molar-refractivity contribution in [1.29, 1.82) is 0 Å². The van der Waals surface area contributed by atoms with E-state index in [1.165, 1.54) is 56.3 Å². The zero-order valence-corrected chi connectivity index (χ0v) is 10.7. The molecule has 0 aliphatic rings. The Balaban J connectivity index is 0. The molecule has 0 saturated heterocycles. The van der Waals surface area contributed by atoms with Gasteiger partial charge in [0.15, 0.2) is 0 Å². The van der Waals surface area contributed by atoms with Gasteiger partial charge in [-0.05, 0) is 33.6 Å². The Labute approximate surface area is 93.0 Å². The average molecular weight is 197 g/mol. The van der Waals surface area contributed by atoms with Gasteiger partial charge in [0.1, 0.15) is 0 Å². The van der Waals surface area contributed by atoms with E-state index in [1.54, 1.807) is 0 Å². The Morgan fingerprint density at radius 2 is 1.21 bits per heavy atom. The van der Waals surface area contributed by atoms with Crippen LogP contribution in [0.3, 0.4) is 0 Å². The van der Waals surface area contributed by atoms with Crippen molar-refractivity contribution in [3.8, 4) is 0 Å². The topological polar surface area (TPSA) is 0 Å². The van der Waals surface area contributed by atoms with Crippen molar-refractivity contribution in [2.75, 3.05) is 26.2 Å². The maximum absolute atomic E-state index is 2.33. The first-order chi connectivity index (χ1) is 6.24. The maximum atomic E-state index is 2.33. The summed E-state index contributed by atoms with van der Waals surface area (Å²) in [5.41, 5.74) is 0. The van der Waals surface area contributed by atoms with Crippen LogP contribution in [-0.2, 0) is 0 Å². The van der Waals surface area contributed by atoms with Crippen LogP contribution in [0, 0.1) is 0 Å². The summed E-state index contributed by atoms with van der Waals surface area (Å²) in [6.45, 7) is 14.6. The van der Waals surface area contributed by atoms with E-state index in [0.29, 0.717) is 0 Å². The second kappa shape index (κ2) is 9.58. The van der Waals surface area contributed by atoms with Gasteiger partial charge < -0.3 is 4.48 Å². The molecule has 0 aromatic rings. The van der Waals surface area contributed by atoms with E-state index in [0.717, 1.165) is 0 Å². The van der Waals surface area contributed by atoms with Crippen LogP contribution in [0.5, 0.6) is 0 Å². The summed E-state index contributed by atoms with van der Waals surface area (Å²) in [5, 5.41) is 0. The van der Waals surface area contributed by atoms with E-state index in [-0.39, 0.29) is 8.41 Å². The molecule has 83 valence electrons. The van der Waals surface area contributed by atoms with Gasteiger partial charge in [-0.15, -0.1) is 0 Å². The molecular weight excluding hydrogens is 169 g/mol. The summed E-state index contributed by atoms with van der Waals surface area (Å²) in [5.74, 6) is 0. The predicted molar refractivity (Wildman–Crippen MR) is 66.6 cm³/mol. The summed E-state index contributed by atoms with van der Waals surface area (Å²) in [4.78, 5) is 0. The number of unbranched alkanes of at least 4 members (excludes halogenated alkanes) is 3. The van der Waals surface area contributed by atoms with Crippen molar-refractivity contribution in [3.05, 3.63) is 0 Å². The van der Waals surface area contributed by atoms with Crippen LogP contribution in [0.4, 0.5) is 0 Å². The molecule has 0 spiro atoms. The third-order valence-electron chi connectivity index (χ3n) is 3.50. The lowest BCUT2D eigenvalue weighted by Gasteiger charge is -2.35. The minimum absolute atomic E-state index is 0. The Morgan fingerprint density at radius 1 is 0.714 bits per heavy atom. The molecule has 0 aliphatic heterocycles. The Kier molecular flexibility index (Phi) is 11.3. The van der Waals surface area contributed by atoms with Crippen molar-refractivity contribution in [1.82, 2.24) is 0 Å². The Bertz CT molecular complexity index is 103. The molecule has 0 aliphatic carbocycles. The highest BCUT2D eigenvalue weighted by Crippen LogP contribution is 2.10. The van der Waals surface area contributed by atoms with E-state index < -0.39 is 0 Å². The lowest BCUT2D eigenvalue weighted by molar-refractivity contribution is -0.923. The molecule has 0 aromatic carbocycles. The quantitative estimate of drug-likeness (QED) is 0.318. The van der Waals surface area contributed by atoms with Gasteiger partial charge in [-0.2, -0.15) is 0 Å². The number of hydrogen-bond acceptors (Lipinski definition) is 0. The lowest BCUT2D eigenvalue weighted by atomic mass is 10.2. The van der Waals surface area contributed by atoms with Gasteiger partial charge in [0.25, 0.3) is 0 Å². The van der Waals surface area contributed by atoms with Gasteiger partial charge in [-0.25, -0.2) is 0 Å². The summed E-state index contributed by atoms with van der Waals surface area (Å²) in [6.07, 6.45) is 5.61. The van der Waals surface area contributed by atoms with Gasteiger partial charge in [-0.1, -0.05) is 19.8 Å². The smallest absolute Gasteiger partial charge is 0.0786 e. The van der Waals surface area contributed by atoms with Crippen molar-refractivity contribution < 1.29 is 4.48 Å². The second-order valence-corrected chi connectivity index (χ2v) is 4.07. The predicted octanol–water partition coefficient (Wildman–Crippen LogP) is 3.06. The number of rotatable bonds is 8. The fourth-order valence-electron chi connectivity index (χ4n) is 2.02. The molecule has 0 saturated carbocycles. The first-order valence-electron chi connectivity index (χ1n) is 6.09. The molecule has 0 bridgehead atoms. The number of hydrogen-bond donors (Lipinski definition) is 0. The molecule has 0 atom stereocenters. The molecule has 0 N–H and O–H groups in total. The molecule has 0 heterocycles. The molecule has 1 nitrogen and oxygen atoms in total. The van der Waals surface area contributed by atoms with Gasteiger partial charge in [-0.3, -0.25) is 0 Å². The minimum atomic E-state index is 0. The molecular formula is C12H28BN+. The molecule has 0 amide bonds. The van der Waals surface area contributed by atoms with Gasteiger partial charge in [0.05, 0.1) is 26.2 Å². The SMILES string of the molecule is CCCCCC[N+](CC)(CC)CC.[B]. The highest BCUT2D eigenvalue weighted by atomic mass is 15.3. The van der Waals surface area contributed by atoms with Crippen LogP contribution in [0.15, 0.2) is 0 Å². The fraction of sp³-hybridized carbons (Fsp3) is 1.00. The van der Waals surface area contributed by atoms with Crippen molar-refractivity contribution in [2.45, 2.75) is 53.4 Å². The maximum Gasteiger partial charge on any atom is 0.0786 e. The van der Waals surface area contributed by atoms with E-state index in [2.05, 4.69) is 27.7 Å². The van der Waals surface area contributed by atoms with Crippen molar-refractivity contribution in [3.63, 3.8) is 0 Å². The molecule has 14 heavy (non-hydrogen) atoms. The van der Waals surface area contributed by atoms with E-state index >= 15 is 0 Å². The standard InChI is InChI=1S/C12H28N.B/c1-5-9-10-11-12-13(6-2,7-3)8-4;/h5-12H2,1-4H3;/q+1;. The molecule has 0 unspecified atom stereocenters. The van der Waals surface area contributed by atoms with Crippen molar-refractivity contribution >= 4 is 8.41 Å². The van der Waals surface area contributed by atoms with Gasteiger partial charge in [0.2, 0.25) is 0 Å². The van der Waals surface area contributed by atoms with Crippen LogP contribution in [-0.4, -0.2) is 39.1 Å². The summed E-state index contributed by atoms with van der Waals surface area (Å²) >= 11 is 0. The fourth-order valence-corrected chi connectivity index (χ4v) is 2.02. The zero-order valence-electron chi connectivity index (χ0n) is 10.7. The molecule has 0 rings (SSSR count). The highest BCUT2D eigenvalue weighted by Gasteiger charge is 2.19. The minimum Gasteiger partial charge on any atom is -0.324 e. The third kappa shape index (κ3) is 5.69. The first-order valence-corrected chi connectivity index (χ1v) is 6.09. The van der Waals surface area contributed by atoms with Crippen LogP contribution >= 0.6 is 0 Å².